The molecule has 6 nitrogen and oxygen atoms in total. The molecule has 2 aromatic carbocycles. The molecule has 0 unspecified atom stereocenters. The molecule has 1 aromatic heterocycles. The van der Waals surface area contributed by atoms with E-state index in [9.17, 15) is 9.59 Å². The van der Waals surface area contributed by atoms with E-state index in [1.165, 1.54) is 16.7 Å². The molecule has 156 valence electrons. The highest BCUT2D eigenvalue weighted by Crippen LogP contribution is 2.28. The Morgan fingerprint density at radius 2 is 1.80 bits per heavy atom. The number of hydrogen-bond acceptors (Lipinski definition) is 6. The summed E-state index contributed by atoms with van der Waals surface area (Å²) in [5, 5.41) is 6.77. The van der Waals surface area contributed by atoms with E-state index in [0.29, 0.717) is 11.3 Å². The van der Waals surface area contributed by atoms with Gasteiger partial charge in [-0.25, -0.2) is 0 Å². The summed E-state index contributed by atoms with van der Waals surface area (Å²) >= 11 is 3.06. The largest absolute Gasteiger partial charge is 0.360 e. The van der Waals surface area contributed by atoms with Crippen molar-refractivity contribution < 1.29 is 14.1 Å². The number of aryl methyl sites for hydroxylation is 1. The van der Waals surface area contributed by atoms with Crippen LogP contribution in [0.4, 0.5) is 5.69 Å². The highest BCUT2D eigenvalue weighted by atomic mass is 32.2. The molecule has 0 radical (unpaired) electrons. The molecular formula is C22H23N3O3S2. The minimum atomic E-state index is -0.241. The van der Waals surface area contributed by atoms with Crippen molar-refractivity contribution in [2.75, 3.05) is 25.2 Å². The first-order valence-corrected chi connectivity index (χ1v) is 11.5. The number of nitrogens with zero attached hydrogens (tertiary/aromatic N) is 2. The number of carbonyl (C=O) groups is 2. The molecule has 0 spiro atoms. The van der Waals surface area contributed by atoms with Gasteiger partial charge in [-0.1, -0.05) is 29.4 Å². The number of likely N-dealkylation sites (N-methyl/N-ethyl adjacent to an activating group) is 1. The van der Waals surface area contributed by atoms with Crippen LogP contribution < -0.4 is 5.32 Å². The quantitative estimate of drug-likeness (QED) is 0.510. The van der Waals surface area contributed by atoms with Gasteiger partial charge in [0, 0.05) is 22.9 Å². The highest BCUT2D eigenvalue weighted by Gasteiger charge is 2.19. The van der Waals surface area contributed by atoms with Gasteiger partial charge in [-0.05, 0) is 37.4 Å². The Hall–Kier alpha value is -2.71. The third-order valence-corrected chi connectivity index (χ3v) is 6.16. The van der Waals surface area contributed by atoms with Crippen LogP contribution in [0.25, 0.3) is 0 Å². The van der Waals surface area contributed by atoms with Crippen LogP contribution in [0, 0.1) is 6.92 Å². The van der Waals surface area contributed by atoms with Crippen molar-refractivity contribution in [2.45, 2.75) is 22.5 Å². The maximum Gasteiger partial charge on any atom is 0.255 e. The van der Waals surface area contributed by atoms with Crippen molar-refractivity contribution in [1.82, 2.24) is 10.1 Å². The lowest BCUT2D eigenvalue weighted by molar-refractivity contribution is -0.116. The fourth-order valence-corrected chi connectivity index (χ4v) is 4.31. The van der Waals surface area contributed by atoms with Gasteiger partial charge in [-0.15, -0.1) is 23.5 Å². The van der Waals surface area contributed by atoms with Crippen molar-refractivity contribution in [3.63, 3.8) is 0 Å². The van der Waals surface area contributed by atoms with Crippen molar-refractivity contribution in [1.29, 1.82) is 0 Å². The zero-order valence-corrected chi connectivity index (χ0v) is 18.7. The Morgan fingerprint density at radius 3 is 2.50 bits per heavy atom. The van der Waals surface area contributed by atoms with Crippen LogP contribution in [0.2, 0.25) is 0 Å². The lowest BCUT2D eigenvalue weighted by atomic mass is 10.2. The monoisotopic (exact) mass is 441 g/mol. The zero-order chi connectivity index (χ0) is 21.5. The number of rotatable bonds is 8. The lowest BCUT2D eigenvalue weighted by Gasteiger charge is -2.19. The van der Waals surface area contributed by atoms with E-state index in [-0.39, 0.29) is 18.4 Å². The molecule has 3 rings (SSSR count). The summed E-state index contributed by atoms with van der Waals surface area (Å²) in [7, 11) is 1.63. The Bertz CT molecular complexity index is 1040. The molecule has 3 aromatic rings. The minimum absolute atomic E-state index is 0.0398. The first kappa shape index (κ1) is 22.0. The fourth-order valence-electron chi connectivity index (χ4n) is 2.83. The van der Waals surface area contributed by atoms with Gasteiger partial charge in [-0.3, -0.25) is 9.59 Å². The maximum absolute atomic E-state index is 13.0. The summed E-state index contributed by atoms with van der Waals surface area (Å²) < 4.78 is 5.24. The van der Waals surface area contributed by atoms with Crippen LogP contribution in [0.1, 0.15) is 21.8 Å². The molecule has 0 saturated carbocycles. The summed E-state index contributed by atoms with van der Waals surface area (Å²) in [6.07, 6.45) is 1.95. The predicted octanol–water partition coefficient (Wildman–Crippen LogP) is 4.71. The number of anilines is 1. The number of amides is 2. The number of para-hydroxylation sites is 1. The molecule has 0 aliphatic carbocycles. The third-order valence-electron chi connectivity index (χ3n) is 4.27. The second-order valence-electron chi connectivity index (χ2n) is 6.63. The average molecular weight is 442 g/mol. The molecule has 0 bridgehead atoms. The lowest BCUT2D eigenvalue weighted by Crippen LogP contribution is -2.35. The van der Waals surface area contributed by atoms with Crippen LogP contribution >= 0.6 is 23.5 Å². The second kappa shape index (κ2) is 10.4. The van der Waals surface area contributed by atoms with Crippen LogP contribution in [0.15, 0.2) is 68.9 Å². The van der Waals surface area contributed by atoms with E-state index in [1.807, 2.05) is 61.7 Å². The van der Waals surface area contributed by atoms with Gasteiger partial charge in [0.1, 0.15) is 5.76 Å². The van der Waals surface area contributed by atoms with Gasteiger partial charge in [0.2, 0.25) is 5.91 Å². The third kappa shape index (κ3) is 5.67. The van der Waals surface area contributed by atoms with E-state index in [0.717, 1.165) is 26.9 Å². The van der Waals surface area contributed by atoms with E-state index in [2.05, 4.69) is 10.5 Å². The van der Waals surface area contributed by atoms with Crippen molar-refractivity contribution in [3.05, 3.63) is 71.6 Å². The fraction of sp³-hybridized carbons (Fsp3) is 0.227. The highest BCUT2D eigenvalue weighted by molar-refractivity contribution is 7.99. The van der Waals surface area contributed by atoms with E-state index < -0.39 is 0 Å². The normalized spacial score (nSPS) is 10.6. The number of hydrogen-bond donors (Lipinski definition) is 1. The van der Waals surface area contributed by atoms with Gasteiger partial charge >= 0.3 is 0 Å². The molecule has 1 heterocycles. The Labute approximate surface area is 184 Å². The number of thioether (sulfide) groups is 2. The van der Waals surface area contributed by atoms with Crippen molar-refractivity contribution >= 4 is 41.0 Å². The van der Waals surface area contributed by atoms with Gasteiger partial charge in [-0.2, -0.15) is 0 Å². The SMILES string of the molecule is CSc1ccccc1NC(=O)CN(C)C(=O)c1ccccc1SCc1cc(C)no1. The molecule has 0 fully saturated rings. The molecular weight excluding hydrogens is 418 g/mol. The summed E-state index contributed by atoms with van der Waals surface area (Å²) in [6, 6.07) is 16.8. The molecule has 2 amide bonds. The molecule has 30 heavy (non-hydrogen) atoms. The van der Waals surface area contributed by atoms with Gasteiger partial charge < -0.3 is 14.7 Å². The minimum Gasteiger partial charge on any atom is -0.360 e. The maximum atomic E-state index is 13.0. The molecule has 0 aliphatic rings. The Kier molecular flexibility index (Phi) is 7.59. The predicted molar refractivity (Wildman–Crippen MR) is 121 cm³/mol. The smallest absolute Gasteiger partial charge is 0.255 e. The molecule has 0 saturated heterocycles. The summed E-state index contributed by atoms with van der Waals surface area (Å²) in [6.45, 7) is 1.83. The van der Waals surface area contributed by atoms with Crippen LogP contribution in [-0.2, 0) is 10.5 Å². The number of carbonyl (C=O) groups excluding carboxylic acids is 2. The molecule has 1 N–H and O–H groups in total. The van der Waals surface area contributed by atoms with Crippen LogP contribution in [-0.4, -0.2) is 41.7 Å². The first-order chi connectivity index (χ1) is 14.5. The topological polar surface area (TPSA) is 75.4 Å². The molecule has 0 atom stereocenters. The summed E-state index contributed by atoms with van der Waals surface area (Å²) in [5.74, 6) is 0.871. The van der Waals surface area contributed by atoms with Crippen molar-refractivity contribution in [2.24, 2.45) is 0 Å². The van der Waals surface area contributed by atoms with Crippen LogP contribution in [0.5, 0.6) is 0 Å². The number of nitrogens with one attached hydrogen (secondary N) is 1. The van der Waals surface area contributed by atoms with E-state index >= 15 is 0 Å². The summed E-state index contributed by atoms with van der Waals surface area (Å²) in [4.78, 5) is 28.7. The standard InChI is InChI=1S/C22H23N3O3S2/c1-15-12-16(28-24-15)14-30-19-10-6-4-8-17(19)22(27)25(2)13-21(26)23-18-9-5-7-11-20(18)29-3/h4-12H,13-14H2,1-3H3,(H,23,26). The first-order valence-electron chi connectivity index (χ1n) is 9.30. The van der Waals surface area contributed by atoms with Crippen molar-refractivity contribution in [3.8, 4) is 0 Å². The van der Waals surface area contributed by atoms with Gasteiger partial charge in [0.15, 0.2) is 0 Å². The number of benzene rings is 2. The number of aromatic nitrogens is 1. The average Bonchev–Trinajstić information content (AvgIpc) is 3.17. The van der Waals surface area contributed by atoms with E-state index in [4.69, 9.17) is 4.52 Å². The van der Waals surface area contributed by atoms with Crippen LogP contribution in [0.3, 0.4) is 0 Å². The molecule has 8 heteroatoms. The van der Waals surface area contributed by atoms with Gasteiger partial charge in [0.05, 0.1) is 29.2 Å². The van der Waals surface area contributed by atoms with E-state index in [1.54, 1.807) is 24.9 Å². The Balaban J connectivity index is 1.64. The second-order valence-corrected chi connectivity index (χ2v) is 8.49. The Morgan fingerprint density at radius 1 is 1.10 bits per heavy atom. The molecule has 0 aliphatic heterocycles. The van der Waals surface area contributed by atoms with Gasteiger partial charge in [0.25, 0.3) is 5.91 Å². The zero-order valence-electron chi connectivity index (χ0n) is 17.0. The summed E-state index contributed by atoms with van der Waals surface area (Å²) in [5.41, 5.74) is 2.12.